The van der Waals surface area contributed by atoms with E-state index in [4.69, 9.17) is 25.1 Å². The quantitative estimate of drug-likeness (QED) is 0.687. The van der Waals surface area contributed by atoms with Gasteiger partial charge in [0.1, 0.15) is 17.9 Å². The van der Waals surface area contributed by atoms with Crippen molar-refractivity contribution in [2.75, 3.05) is 13.9 Å². The molecular formula is C11H13NO6. The molecule has 1 aliphatic rings. The van der Waals surface area contributed by atoms with Gasteiger partial charge in [0, 0.05) is 11.6 Å². The molecule has 0 radical (unpaired) electrons. The third-order valence-corrected chi connectivity index (χ3v) is 2.67. The molecule has 0 saturated heterocycles. The Bertz CT molecular complexity index is 475. The van der Waals surface area contributed by atoms with Gasteiger partial charge in [-0.1, -0.05) is 0 Å². The minimum absolute atomic E-state index is 0.0724. The standard InChI is InChI=1S/C11H13NO6/c1-16-6-3-8-7(17-4-18-8)2-5(6)10(13)9(12)11(14)15/h2-3,9-10,13H,4,12H2,1H3,(H,14,15). The summed E-state index contributed by atoms with van der Waals surface area (Å²) in [4.78, 5) is 10.8. The van der Waals surface area contributed by atoms with Crippen molar-refractivity contribution in [3.63, 3.8) is 0 Å². The van der Waals surface area contributed by atoms with Gasteiger partial charge in [-0.15, -0.1) is 0 Å². The first-order valence-electron chi connectivity index (χ1n) is 5.18. The molecule has 1 heterocycles. The molecule has 2 unspecified atom stereocenters. The monoisotopic (exact) mass is 255 g/mol. The highest BCUT2D eigenvalue weighted by atomic mass is 16.7. The molecule has 2 atom stereocenters. The van der Waals surface area contributed by atoms with Gasteiger partial charge in [-0.05, 0) is 6.07 Å². The average Bonchev–Trinajstić information content (AvgIpc) is 2.82. The SMILES string of the molecule is COc1cc2c(cc1C(O)C(N)C(=O)O)OCO2. The van der Waals surface area contributed by atoms with Crippen LogP contribution in [0.15, 0.2) is 12.1 Å². The number of ether oxygens (including phenoxy) is 3. The summed E-state index contributed by atoms with van der Waals surface area (Å²) < 4.78 is 15.4. The summed E-state index contributed by atoms with van der Waals surface area (Å²) in [5, 5.41) is 18.7. The Balaban J connectivity index is 2.40. The number of benzene rings is 1. The highest BCUT2D eigenvalue weighted by Crippen LogP contribution is 2.40. The predicted molar refractivity (Wildman–Crippen MR) is 59.7 cm³/mol. The second kappa shape index (κ2) is 4.71. The summed E-state index contributed by atoms with van der Waals surface area (Å²) >= 11 is 0. The number of hydrogen-bond acceptors (Lipinski definition) is 6. The van der Waals surface area contributed by atoms with Gasteiger partial charge >= 0.3 is 5.97 Å². The predicted octanol–water partition coefficient (Wildman–Crippen LogP) is -0.131. The van der Waals surface area contributed by atoms with Crippen molar-refractivity contribution in [1.82, 2.24) is 0 Å². The first kappa shape index (κ1) is 12.5. The lowest BCUT2D eigenvalue weighted by molar-refractivity contribution is -0.141. The Labute approximate surface area is 103 Å². The normalized spacial score (nSPS) is 16.2. The molecule has 2 rings (SSSR count). The molecule has 7 nitrogen and oxygen atoms in total. The Hall–Kier alpha value is -1.99. The molecule has 7 heteroatoms. The van der Waals surface area contributed by atoms with E-state index in [1.165, 1.54) is 19.2 Å². The third kappa shape index (κ3) is 2.05. The summed E-state index contributed by atoms with van der Waals surface area (Å²) in [6.07, 6.45) is -1.40. The van der Waals surface area contributed by atoms with E-state index in [0.717, 1.165) is 0 Å². The van der Waals surface area contributed by atoms with E-state index < -0.39 is 18.1 Å². The van der Waals surface area contributed by atoms with E-state index in [9.17, 15) is 9.90 Å². The lowest BCUT2D eigenvalue weighted by atomic mass is 10.0. The molecule has 4 N–H and O–H groups in total. The smallest absolute Gasteiger partial charge is 0.323 e. The molecule has 98 valence electrons. The van der Waals surface area contributed by atoms with Crippen LogP contribution in [-0.2, 0) is 4.79 Å². The Kier molecular flexibility index (Phi) is 3.26. The summed E-state index contributed by atoms with van der Waals surface area (Å²) in [6, 6.07) is 1.55. The summed E-state index contributed by atoms with van der Waals surface area (Å²) in [7, 11) is 1.40. The average molecular weight is 255 g/mol. The zero-order valence-electron chi connectivity index (χ0n) is 9.62. The topological polar surface area (TPSA) is 111 Å². The van der Waals surface area contributed by atoms with Crippen molar-refractivity contribution in [2.45, 2.75) is 12.1 Å². The number of hydrogen-bond donors (Lipinski definition) is 3. The van der Waals surface area contributed by atoms with Crippen molar-refractivity contribution in [1.29, 1.82) is 0 Å². The first-order chi connectivity index (χ1) is 8.54. The second-order valence-corrected chi connectivity index (χ2v) is 3.76. The zero-order chi connectivity index (χ0) is 13.3. The number of aliphatic carboxylic acids is 1. The van der Waals surface area contributed by atoms with Crippen LogP contribution in [0.4, 0.5) is 0 Å². The van der Waals surface area contributed by atoms with Gasteiger partial charge in [0.05, 0.1) is 7.11 Å². The van der Waals surface area contributed by atoms with Crippen LogP contribution >= 0.6 is 0 Å². The molecule has 0 fully saturated rings. The van der Waals surface area contributed by atoms with Crippen LogP contribution in [0.2, 0.25) is 0 Å². The molecule has 1 aromatic carbocycles. The highest BCUT2D eigenvalue weighted by Gasteiger charge is 2.29. The second-order valence-electron chi connectivity index (χ2n) is 3.76. The molecule has 0 aliphatic carbocycles. The molecule has 0 bridgehead atoms. The van der Waals surface area contributed by atoms with Crippen LogP contribution in [0.5, 0.6) is 17.2 Å². The molecule has 0 saturated carbocycles. The van der Waals surface area contributed by atoms with Crippen LogP contribution in [0.25, 0.3) is 0 Å². The van der Waals surface area contributed by atoms with Gasteiger partial charge in [0.15, 0.2) is 11.5 Å². The van der Waals surface area contributed by atoms with E-state index in [0.29, 0.717) is 17.2 Å². The van der Waals surface area contributed by atoms with Crippen molar-refractivity contribution >= 4 is 5.97 Å². The minimum Gasteiger partial charge on any atom is -0.496 e. The lowest BCUT2D eigenvalue weighted by Crippen LogP contribution is -2.36. The maximum absolute atomic E-state index is 10.8. The Morgan fingerprint density at radius 3 is 2.61 bits per heavy atom. The molecular weight excluding hydrogens is 242 g/mol. The number of methoxy groups -OCH3 is 1. The fraction of sp³-hybridized carbons (Fsp3) is 0.364. The van der Waals surface area contributed by atoms with E-state index in [1.807, 2.05) is 0 Å². The summed E-state index contributed by atoms with van der Waals surface area (Å²) in [5.41, 5.74) is 5.63. The van der Waals surface area contributed by atoms with Crippen LogP contribution in [0.1, 0.15) is 11.7 Å². The van der Waals surface area contributed by atoms with Crippen molar-refractivity contribution in [3.05, 3.63) is 17.7 Å². The van der Waals surface area contributed by atoms with E-state index in [2.05, 4.69) is 0 Å². The summed E-state index contributed by atoms with van der Waals surface area (Å²) in [6.45, 7) is 0.0724. The molecule has 1 aliphatic heterocycles. The largest absolute Gasteiger partial charge is 0.496 e. The van der Waals surface area contributed by atoms with E-state index in [-0.39, 0.29) is 12.4 Å². The van der Waals surface area contributed by atoms with Crippen molar-refractivity contribution in [3.8, 4) is 17.2 Å². The molecule has 1 aromatic rings. The number of rotatable bonds is 4. The number of aliphatic hydroxyl groups is 1. The van der Waals surface area contributed by atoms with Gasteiger partial charge in [0.2, 0.25) is 6.79 Å². The van der Waals surface area contributed by atoms with Gasteiger partial charge in [-0.2, -0.15) is 0 Å². The number of fused-ring (bicyclic) bond motifs is 1. The Morgan fingerprint density at radius 1 is 1.44 bits per heavy atom. The number of carboxylic acids is 1. The van der Waals surface area contributed by atoms with Gasteiger partial charge in [0.25, 0.3) is 0 Å². The van der Waals surface area contributed by atoms with Gasteiger partial charge < -0.3 is 30.2 Å². The van der Waals surface area contributed by atoms with Crippen LogP contribution in [0, 0.1) is 0 Å². The van der Waals surface area contributed by atoms with Crippen LogP contribution in [-0.4, -0.2) is 36.1 Å². The molecule has 0 spiro atoms. The van der Waals surface area contributed by atoms with Gasteiger partial charge in [-0.3, -0.25) is 4.79 Å². The number of carbonyl (C=O) groups is 1. The molecule has 18 heavy (non-hydrogen) atoms. The van der Waals surface area contributed by atoms with Crippen molar-refractivity contribution < 1.29 is 29.2 Å². The maximum atomic E-state index is 10.8. The fourth-order valence-corrected chi connectivity index (χ4v) is 1.68. The van der Waals surface area contributed by atoms with Gasteiger partial charge in [-0.25, -0.2) is 0 Å². The fourth-order valence-electron chi connectivity index (χ4n) is 1.68. The van der Waals surface area contributed by atoms with Crippen LogP contribution in [0.3, 0.4) is 0 Å². The number of nitrogens with two attached hydrogens (primary N) is 1. The third-order valence-electron chi connectivity index (χ3n) is 2.67. The first-order valence-corrected chi connectivity index (χ1v) is 5.18. The van der Waals surface area contributed by atoms with Crippen molar-refractivity contribution in [2.24, 2.45) is 5.73 Å². The summed E-state index contributed by atoms with van der Waals surface area (Å²) in [5.74, 6) is -0.111. The maximum Gasteiger partial charge on any atom is 0.323 e. The molecule has 0 amide bonds. The van der Waals surface area contributed by atoms with E-state index >= 15 is 0 Å². The number of carboxylic acid groups (broad SMARTS) is 1. The lowest BCUT2D eigenvalue weighted by Gasteiger charge is -2.18. The van der Waals surface area contributed by atoms with E-state index in [1.54, 1.807) is 0 Å². The zero-order valence-corrected chi connectivity index (χ0v) is 9.62. The van der Waals surface area contributed by atoms with Crippen LogP contribution < -0.4 is 19.9 Å². The Morgan fingerprint density at radius 2 is 2.06 bits per heavy atom. The number of aliphatic hydroxyl groups excluding tert-OH is 1. The minimum atomic E-state index is -1.45. The highest BCUT2D eigenvalue weighted by molar-refractivity contribution is 5.74. The molecule has 0 aromatic heterocycles.